The summed E-state index contributed by atoms with van der Waals surface area (Å²) in [7, 11) is 3.36. The number of ether oxygens (including phenoxy) is 1. The lowest BCUT2D eigenvalue weighted by molar-refractivity contribution is 0.101. The Hall–Kier alpha value is -3.09. The molecule has 2 heterocycles. The van der Waals surface area contributed by atoms with E-state index in [0.717, 1.165) is 11.3 Å². The molecule has 1 aromatic carbocycles. The summed E-state index contributed by atoms with van der Waals surface area (Å²) < 4.78 is 8.49. The van der Waals surface area contributed by atoms with Crippen molar-refractivity contribution in [2.45, 2.75) is 6.54 Å². The van der Waals surface area contributed by atoms with Gasteiger partial charge in [0.15, 0.2) is 0 Å². The number of hydrogen-bond donors (Lipinski definition) is 1. The van der Waals surface area contributed by atoms with Gasteiger partial charge in [-0.15, -0.1) is 0 Å². The fraction of sp³-hybridized carbons (Fsp3) is 0.188. The van der Waals surface area contributed by atoms with Crippen LogP contribution in [0.4, 0.5) is 5.69 Å². The van der Waals surface area contributed by atoms with Gasteiger partial charge in [0.25, 0.3) is 5.91 Å². The molecule has 0 saturated carbocycles. The van der Waals surface area contributed by atoms with Crippen molar-refractivity contribution in [2.24, 2.45) is 7.05 Å². The molecule has 0 aliphatic rings. The van der Waals surface area contributed by atoms with Crippen LogP contribution in [0.5, 0.6) is 5.75 Å². The van der Waals surface area contributed by atoms with E-state index in [9.17, 15) is 4.79 Å². The molecule has 0 fully saturated rings. The molecule has 0 radical (unpaired) electrons. The molecular weight excluding hydrogens is 294 g/mol. The summed E-state index contributed by atoms with van der Waals surface area (Å²) >= 11 is 0. The van der Waals surface area contributed by atoms with E-state index in [1.54, 1.807) is 43.5 Å². The van der Waals surface area contributed by atoms with Gasteiger partial charge in [-0.25, -0.2) is 0 Å². The van der Waals surface area contributed by atoms with Gasteiger partial charge in [-0.2, -0.15) is 10.2 Å². The second-order valence-electron chi connectivity index (χ2n) is 5.07. The average molecular weight is 311 g/mol. The first-order valence-electron chi connectivity index (χ1n) is 7.10. The minimum Gasteiger partial charge on any atom is -0.497 e. The van der Waals surface area contributed by atoms with Gasteiger partial charge in [0.05, 0.1) is 25.5 Å². The molecule has 0 atom stereocenters. The summed E-state index contributed by atoms with van der Waals surface area (Å²) in [6.07, 6.45) is 4.99. The van der Waals surface area contributed by atoms with Crippen LogP contribution in [-0.4, -0.2) is 32.6 Å². The van der Waals surface area contributed by atoms with Crippen LogP contribution in [0.25, 0.3) is 0 Å². The Balaban J connectivity index is 1.68. The van der Waals surface area contributed by atoms with Gasteiger partial charge in [-0.1, -0.05) is 12.1 Å². The van der Waals surface area contributed by atoms with Crippen molar-refractivity contribution in [3.63, 3.8) is 0 Å². The molecule has 0 aliphatic heterocycles. The number of hydrogen-bond acceptors (Lipinski definition) is 4. The Kier molecular flexibility index (Phi) is 4.09. The number of nitrogens with zero attached hydrogens (tertiary/aromatic N) is 4. The Bertz CT molecular complexity index is 821. The molecule has 1 amide bonds. The highest BCUT2D eigenvalue weighted by Gasteiger charge is 2.11. The van der Waals surface area contributed by atoms with Gasteiger partial charge >= 0.3 is 0 Å². The maximum absolute atomic E-state index is 12.1. The Morgan fingerprint density at radius 1 is 1.30 bits per heavy atom. The minimum absolute atomic E-state index is 0.217. The number of carbonyl (C=O) groups is 1. The van der Waals surface area contributed by atoms with E-state index >= 15 is 0 Å². The van der Waals surface area contributed by atoms with Crippen molar-refractivity contribution in [3.05, 3.63) is 60.2 Å². The fourth-order valence-electron chi connectivity index (χ4n) is 2.26. The molecule has 7 nitrogen and oxygen atoms in total. The zero-order chi connectivity index (χ0) is 16.2. The summed E-state index contributed by atoms with van der Waals surface area (Å²) in [5, 5.41) is 11.0. The number of amides is 1. The van der Waals surface area contributed by atoms with Crippen molar-refractivity contribution in [3.8, 4) is 5.75 Å². The Morgan fingerprint density at radius 2 is 2.17 bits per heavy atom. The first kappa shape index (κ1) is 14.8. The van der Waals surface area contributed by atoms with Crippen LogP contribution in [0, 0.1) is 0 Å². The first-order chi connectivity index (χ1) is 11.2. The lowest BCUT2D eigenvalue weighted by Gasteiger charge is -2.05. The topological polar surface area (TPSA) is 74.0 Å². The van der Waals surface area contributed by atoms with Gasteiger partial charge in [0.2, 0.25) is 0 Å². The molecule has 0 aliphatic carbocycles. The SMILES string of the molecule is COc1cccc(Cn2cc(NC(=O)c3ccnn3C)cn2)c1. The number of aryl methyl sites for hydroxylation is 1. The van der Waals surface area contributed by atoms with E-state index in [2.05, 4.69) is 15.5 Å². The van der Waals surface area contributed by atoms with Crippen LogP contribution in [0.1, 0.15) is 16.1 Å². The second kappa shape index (κ2) is 6.35. The number of rotatable bonds is 5. The number of anilines is 1. The monoisotopic (exact) mass is 311 g/mol. The van der Waals surface area contributed by atoms with Gasteiger partial charge < -0.3 is 10.1 Å². The molecular formula is C16H17N5O2. The summed E-state index contributed by atoms with van der Waals surface area (Å²) in [5.41, 5.74) is 2.20. The number of nitrogens with one attached hydrogen (secondary N) is 1. The predicted octanol–water partition coefficient (Wildman–Crippen LogP) is 1.93. The highest BCUT2D eigenvalue weighted by Crippen LogP contribution is 2.14. The van der Waals surface area contributed by atoms with Crippen LogP contribution >= 0.6 is 0 Å². The van der Waals surface area contributed by atoms with E-state index in [4.69, 9.17) is 4.74 Å². The maximum Gasteiger partial charge on any atom is 0.274 e. The molecule has 1 N–H and O–H groups in total. The van der Waals surface area contributed by atoms with Crippen LogP contribution in [0.2, 0.25) is 0 Å². The van der Waals surface area contributed by atoms with E-state index in [-0.39, 0.29) is 5.91 Å². The number of benzene rings is 1. The summed E-state index contributed by atoms with van der Waals surface area (Å²) in [4.78, 5) is 12.1. The molecule has 118 valence electrons. The predicted molar refractivity (Wildman–Crippen MR) is 85.5 cm³/mol. The lowest BCUT2D eigenvalue weighted by Crippen LogP contribution is -2.15. The van der Waals surface area contributed by atoms with E-state index in [0.29, 0.717) is 17.9 Å². The molecule has 23 heavy (non-hydrogen) atoms. The third-order valence-electron chi connectivity index (χ3n) is 3.42. The molecule has 0 bridgehead atoms. The van der Waals surface area contributed by atoms with Crippen molar-refractivity contribution < 1.29 is 9.53 Å². The zero-order valence-electron chi connectivity index (χ0n) is 12.9. The normalized spacial score (nSPS) is 10.5. The summed E-state index contributed by atoms with van der Waals surface area (Å²) in [6, 6.07) is 9.44. The largest absolute Gasteiger partial charge is 0.497 e. The molecule has 2 aromatic heterocycles. The third-order valence-corrected chi connectivity index (χ3v) is 3.42. The first-order valence-corrected chi connectivity index (χ1v) is 7.10. The number of carbonyl (C=O) groups excluding carboxylic acids is 1. The van der Waals surface area contributed by atoms with Crippen LogP contribution in [-0.2, 0) is 13.6 Å². The van der Waals surface area contributed by atoms with Crippen LogP contribution in [0.15, 0.2) is 48.9 Å². The fourth-order valence-corrected chi connectivity index (χ4v) is 2.26. The highest BCUT2D eigenvalue weighted by molar-refractivity contribution is 6.02. The van der Waals surface area contributed by atoms with Crippen molar-refractivity contribution >= 4 is 11.6 Å². The van der Waals surface area contributed by atoms with Gasteiger partial charge in [0.1, 0.15) is 11.4 Å². The van der Waals surface area contributed by atoms with Gasteiger partial charge in [0, 0.05) is 19.4 Å². The number of methoxy groups -OCH3 is 1. The van der Waals surface area contributed by atoms with Gasteiger partial charge in [-0.05, 0) is 23.8 Å². The molecule has 0 spiro atoms. The maximum atomic E-state index is 12.1. The lowest BCUT2D eigenvalue weighted by atomic mass is 10.2. The minimum atomic E-state index is -0.217. The molecule has 3 rings (SSSR count). The van der Waals surface area contributed by atoms with E-state index in [1.807, 2.05) is 24.3 Å². The zero-order valence-corrected chi connectivity index (χ0v) is 12.9. The number of aromatic nitrogens is 4. The van der Waals surface area contributed by atoms with Gasteiger partial charge in [-0.3, -0.25) is 14.2 Å². The van der Waals surface area contributed by atoms with E-state index < -0.39 is 0 Å². The van der Waals surface area contributed by atoms with Crippen LogP contribution < -0.4 is 10.1 Å². The van der Waals surface area contributed by atoms with Crippen LogP contribution in [0.3, 0.4) is 0 Å². The highest BCUT2D eigenvalue weighted by atomic mass is 16.5. The van der Waals surface area contributed by atoms with E-state index in [1.165, 1.54) is 4.68 Å². The smallest absolute Gasteiger partial charge is 0.274 e. The van der Waals surface area contributed by atoms with Crippen molar-refractivity contribution in [1.82, 2.24) is 19.6 Å². The van der Waals surface area contributed by atoms with Crippen molar-refractivity contribution in [2.75, 3.05) is 12.4 Å². The summed E-state index contributed by atoms with van der Waals surface area (Å²) in [6.45, 7) is 0.596. The second-order valence-corrected chi connectivity index (χ2v) is 5.07. The molecule has 0 saturated heterocycles. The quantitative estimate of drug-likeness (QED) is 0.781. The Labute approximate surface area is 133 Å². The molecule has 7 heteroatoms. The third kappa shape index (κ3) is 3.39. The Morgan fingerprint density at radius 3 is 2.91 bits per heavy atom. The standard InChI is InChI=1S/C16H17N5O2/c1-20-15(6-7-17-20)16(22)19-13-9-18-21(11-13)10-12-4-3-5-14(8-12)23-2/h3-9,11H,10H2,1-2H3,(H,19,22). The van der Waals surface area contributed by atoms with Crippen molar-refractivity contribution in [1.29, 1.82) is 0 Å². The summed E-state index contributed by atoms with van der Waals surface area (Å²) in [5.74, 6) is 0.588. The molecule has 0 unspecified atom stereocenters. The average Bonchev–Trinajstić information content (AvgIpc) is 3.16. The molecule has 3 aromatic rings.